The number of anilines is 4. The first-order chi connectivity index (χ1) is 30.5. The second-order valence-electron chi connectivity index (χ2n) is 13.8. The van der Waals surface area contributed by atoms with Crippen LogP contribution in [0, 0.1) is 13.8 Å². The molecule has 0 spiro atoms. The molecule has 2 aliphatic rings. The highest BCUT2D eigenvalue weighted by Gasteiger charge is 2.49. The zero-order valence-corrected chi connectivity index (χ0v) is 38.1. The maximum atomic E-state index is 13.0. The third-order valence-corrected chi connectivity index (χ3v) is 12.0. The number of nitrogen functional groups attached to an aromatic ring is 2. The highest BCUT2D eigenvalue weighted by Crippen LogP contribution is 2.50. The van der Waals surface area contributed by atoms with Gasteiger partial charge in [-0.2, -0.15) is 9.97 Å². The molecule has 374 valence electrons. The number of aliphatic imine (C=N–C) groups is 2. The summed E-state index contributed by atoms with van der Waals surface area (Å²) in [5.41, 5.74) is 9.87. The summed E-state index contributed by atoms with van der Waals surface area (Å²) in [7, 11) is -19.9. The fourth-order valence-corrected chi connectivity index (χ4v) is 8.60. The number of aromatic amines is 2. The second-order valence-corrected chi connectivity index (χ2v) is 19.1. The summed E-state index contributed by atoms with van der Waals surface area (Å²) in [5, 5.41) is 43.0. The number of hydrogen-bond acceptors (Lipinski definition) is 24. The Hall–Kier alpha value is -3.50. The van der Waals surface area contributed by atoms with E-state index >= 15 is 0 Å². The van der Waals surface area contributed by atoms with Gasteiger partial charge in [-0.3, -0.25) is 66.5 Å². The Kier molecular flexibility index (Phi) is 18.6. The van der Waals surface area contributed by atoms with Crippen LogP contribution in [-0.4, -0.2) is 184 Å². The number of aromatic nitrogens is 4. The number of H-pyrrole nitrogens is 2. The van der Waals surface area contributed by atoms with Crippen molar-refractivity contribution in [1.29, 1.82) is 0 Å². The molecule has 4 rings (SSSR count). The molecule has 0 bridgehead atoms. The summed E-state index contributed by atoms with van der Waals surface area (Å²) < 4.78 is 88.8. The quantitative estimate of drug-likeness (QED) is 0.0283. The van der Waals surface area contributed by atoms with Crippen LogP contribution < -0.4 is 32.4 Å². The molecule has 34 nitrogen and oxygen atoms in total. The predicted octanol–water partition coefficient (Wildman–Crippen LogP) is -4.62. The highest BCUT2D eigenvalue weighted by molar-refractivity contribution is 7.48. The Morgan fingerprint density at radius 1 is 0.652 bits per heavy atom. The fraction of sp³-hybridized carbons (Fsp3) is 0.643. The lowest BCUT2D eigenvalue weighted by Crippen LogP contribution is -2.45. The van der Waals surface area contributed by atoms with E-state index in [0.717, 1.165) is 22.5 Å². The third kappa shape index (κ3) is 14.8. The van der Waals surface area contributed by atoms with E-state index in [-0.39, 0.29) is 34.7 Å². The summed E-state index contributed by atoms with van der Waals surface area (Å²) in [6.45, 7) is -2.64. The van der Waals surface area contributed by atoms with E-state index in [0.29, 0.717) is 0 Å². The van der Waals surface area contributed by atoms with E-state index in [1.54, 1.807) is 0 Å². The molecule has 66 heavy (non-hydrogen) atoms. The highest BCUT2D eigenvalue weighted by atomic mass is 31.2. The zero-order valence-electron chi connectivity index (χ0n) is 34.6. The first-order valence-electron chi connectivity index (χ1n) is 18.4. The number of rotatable bonds is 23. The molecule has 12 atom stereocenters. The summed E-state index contributed by atoms with van der Waals surface area (Å²) in [4.78, 5) is 106. The maximum Gasteiger partial charge on any atom is 0.472 e. The molecule has 2 aliphatic heterocycles. The zero-order chi connectivity index (χ0) is 49.7. The van der Waals surface area contributed by atoms with Gasteiger partial charge in [-0.05, 0) is 13.8 Å². The standard InChI is InChI=1S/C28H48N10O24P4/c1-11-21(33-27(29)35-23(11)43)37(9-31-3)25-19(41)17(39)15(59-25)7-57-65(51,52)55-5-13(61-63(45,46)47)14(62-64(48,49)50)6-56-66(53,54)58-8-16-18(40)20(42)26(60-16)38(10-32-4)22-12(2)24(44)36-28(30)34-22/h9-10,13-20,25-26,39-42H,5-8H2,1-4H3,(H,51,52)(H,53,54)(H2,45,46,47)(H2,48,49,50)(H3,29,33,35,43)(H3,30,34,36,44)/b31-9+,32-10+/t13-,14-,15+,16+,17+,18+,19+,20+,25+,26+/m0/s1. The minimum Gasteiger partial charge on any atom is -0.387 e. The van der Waals surface area contributed by atoms with Gasteiger partial charge in [0.15, 0.2) is 12.5 Å². The number of aliphatic hydroxyl groups is 4. The average Bonchev–Trinajstić information content (AvgIpc) is 3.65. The van der Waals surface area contributed by atoms with E-state index < -0.39 is 130 Å². The Morgan fingerprint density at radius 3 is 1.29 bits per heavy atom. The smallest absolute Gasteiger partial charge is 0.387 e. The predicted molar refractivity (Wildman–Crippen MR) is 220 cm³/mol. The van der Waals surface area contributed by atoms with Crippen molar-refractivity contribution in [3.8, 4) is 0 Å². The van der Waals surface area contributed by atoms with Gasteiger partial charge < -0.3 is 70.7 Å². The van der Waals surface area contributed by atoms with Crippen LogP contribution in [0.1, 0.15) is 11.1 Å². The number of aliphatic hydroxyl groups excluding tert-OH is 4. The molecule has 0 radical (unpaired) electrons. The molecule has 38 heteroatoms. The molecule has 2 aromatic rings. The molecule has 0 aromatic carbocycles. The molecule has 4 heterocycles. The van der Waals surface area contributed by atoms with Gasteiger partial charge in [0.1, 0.15) is 60.5 Å². The first-order valence-corrected chi connectivity index (χ1v) is 24.4. The molecular formula is C28H48N10O24P4. The van der Waals surface area contributed by atoms with Crippen LogP contribution in [-0.2, 0) is 54.9 Å². The van der Waals surface area contributed by atoms with Crippen molar-refractivity contribution in [2.45, 2.75) is 75.1 Å². The first kappa shape index (κ1) is 55.1. The maximum absolute atomic E-state index is 13.0. The monoisotopic (exact) mass is 1030 g/mol. The van der Waals surface area contributed by atoms with Gasteiger partial charge in [-0.25, -0.2) is 18.3 Å². The molecule has 16 N–H and O–H groups in total. The fourth-order valence-electron chi connectivity index (χ4n) is 6.01. The van der Waals surface area contributed by atoms with Crippen LogP contribution in [0.15, 0.2) is 19.6 Å². The molecule has 0 amide bonds. The van der Waals surface area contributed by atoms with Crippen molar-refractivity contribution in [3.05, 3.63) is 31.8 Å². The van der Waals surface area contributed by atoms with Crippen molar-refractivity contribution in [2.75, 3.05) is 61.8 Å². The van der Waals surface area contributed by atoms with E-state index in [9.17, 15) is 77.6 Å². The number of phosphoric acid groups is 4. The van der Waals surface area contributed by atoms with Crippen molar-refractivity contribution in [1.82, 2.24) is 19.9 Å². The Labute approximate surface area is 370 Å². The van der Waals surface area contributed by atoms with E-state index in [1.165, 1.54) is 27.9 Å². The van der Waals surface area contributed by atoms with E-state index in [2.05, 4.69) is 39.0 Å². The lowest BCUT2D eigenvalue weighted by atomic mass is 10.1. The largest absolute Gasteiger partial charge is 0.472 e. The molecule has 0 saturated carbocycles. The number of phosphoric ester groups is 4. The number of hydrogen-bond donors (Lipinski definition) is 14. The van der Waals surface area contributed by atoms with Crippen LogP contribution >= 0.6 is 31.3 Å². The Balaban J connectivity index is 1.44. The number of nitrogens with zero attached hydrogens (tertiary/aromatic N) is 6. The van der Waals surface area contributed by atoms with Gasteiger partial charge >= 0.3 is 31.3 Å². The summed E-state index contributed by atoms with van der Waals surface area (Å²) in [6, 6.07) is 0. The van der Waals surface area contributed by atoms with Crippen molar-refractivity contribution < 1.29 is 105 Å². The molecule has 2 aromatic heterocycles. The Morgan fingerprint density at radius 2 is 0.985 bits per heavy atom. The average molecular weight is 1030 g/mol. The topological polar surface area (TPSA) is 519 Å². The minimum absolute atomic E-state index is 0.0290. The minimum atomic E-state index is -5.77. The summed E-state index contributed by atoms with van der Waals surface area (Å²) in [6.07, 6.45) is -17.0. The molecular weight excluding hydrogens is 984 g/mol. The SMILES string of the molecule is C/N=C/N(c1nc(N)[nH]c(=O)c1C)[C@@H]1O[C@H](COP(=O)(O)OC[C@H](OP(=O)(O)O)[C@H](COP(=O)(O)OC[C@H]2O[C@@H](N(/C=N/C)c3nc(N)[nH]c(=O)c3C)[C@H](O)[C@@H]2O)OP(=O)(O)O)[C@@H](O)[C@H]1O. The van der Waals surface area contributed by atoms with Gasteiger partial charge in [-0.1, -0.05) is 0 Å². The summed E-state index contributed by atoms with van der Waals surface area (Å²) >= 11 is 0. The van der Waals surface area contributed by atoms with Crippen LogP contribution in [0.4, 0.5) is 23.5 Å². The molecule has 2 fully saturated rings. The van der Waals surface area contributed by atoms with Crippen LogP contribution in [0.3, 0.4) is 0 Å². The second kappa shape index (κ2) is 22.3. The number of nitrogens with two attached hydrogens (primary N) is 2. The van der Waals surface area contributed by atoms with Gasteiger partial charge in [0.05, 0.1) is 50.2 Å². The van der Waals surface area contributed by atoms with Crippen LogP contribution in [0.25, 0.3) is 0 Å². The summed E-state index contributed by atoms with van der Waals surface area (Å²) in [5.74, 6) is -1.03. The van der Waals surface area contributed by atoms with Crippen molar-refractivity contribution in [3.63, 3.8) is 0 Å². The molecule has 0 aliphatic carbocycles. The lowest BCUT2D eigenvalue weighted by molar-refractivity contribution is -0.0476. The van der Waals surface area contributed by atoms with Gasteiger partial charge in [0.2, 0.25) is 11.9 Å². The van der Waals surface area contributed by atoms with Crippen LogP contribution in [0.5, 0.6) is 0 Å². The van der Waals surface area contributed by atoms with Gasteiger partial charge in [0, 0.05) is 14.1 Å². The Bertz CT molecular complexity index is 2220. The molecule has 2 saturated heterocycles. The van der Waals surface area contributed by atoms with Crippen molar-refractivity contribution >= 4 is 67.5 Å². The molecule has 2 unspecified atom stereocenters. The van der Waals surface area contributed by atoms with E-state index in [4.69, 9.17) is 39.0 Å². The van der Waals surface area contributed by atoms with E-state index in [1.807, 2.05) is 0 Å². The van der Waals surface area contributed by atoms with Gasteiger partial charge in [0.25, 0.3) is 11.1 Å². The normalized spacial score (nSPS) is 26.7. The third-order valence-electron chi connectivity index (χ3n) is 9.05. The number of ether oxygens (including phenoxy) is 2. The van der Waals surface area contributed by atoms with Crippen molar-refractivity contribution in [2.24, 2.45) is 9.98 Å². The van der Waals surface area contributed by atoms with Crippen LogP contribution in [0.2, 0.25) is 0 Å². The van der Waals surface area contributed by atoms with Gasteiger partial charge in [-0.15, -0.1) is 0 Å². The lowest BCUT2D eigenvalue weighted by Gasteiger charge is -2.29. The number of nitrogens with one attached hydrogen (secondary N) is 2.